The number of hydrogen-bond acceptors (Lipinski definition) is 6. The van der Waals surface area contributed by atoms with Gasteiger partial charge in [-0.2, -0.15) is 0 Å². The van der Waals surface area contributed by atoms with E-state index in [4.69, 9.17) is 9.15 Å². The zero-order valence-electron chi connectivity index (χ0n) is 14.8. The molecule has 7 heteroatoms. The number of methoxy groups -OCH3 is 1. The first-order valence-corrected chi connectivity index (χ1v) is 9.49. The molecule has 0 saturated heterocycles. The Hall–Kier alpha value is -3.45. The molecule has 1 unspecified atom stereocenters. The molecule has 0 radical (unpaired) electrons. The molecule has 6 nitrogen and oxygen atoms in total. The zero-order valence-corrected chi connectivity index (χ0v) is 15.6. The number of carbonyl (C=O) groups is 1. The van der Waals surface area contributed by atoms with E-state index in [0.717, 1.165) is 5.56 Å². The number of rotatable bonds is 3. The van der Waals surface area contributed by atoms with Crippen molar-refractivity contribution < 1.29 is 13.9 Å². The van der Waals surface area contributed by atoms with Crippen molar-refractivity contribution in [3.05, 3.63) is 87.2 Å². The Morgan fingerprint density at radius 2 is 1.96 bits per heavy atom. The molecule has 0 spiro atoms. The monoisotopic (exact) mass is 390 g/mol. The Kier molecular flexibility index (Phi) is 3.77. The predicted octanol–water partition coefficient (Wildman–Crippen LogP) is 4.01. The second-order valence-electron chi connectivity index (χ2n) is 6.34. The highest BCUT2D eigenvalue weighted by atomic mass is 32.1. The number of thiazole rings is 1. The minimum absolute atomic E-state index is 0.0507. The summed E-state index contributed by atoms with van der Waals surface area (Å²) in [5.41, 5.74) is 1.26. The van der Waals surface area contributed by atoms with Crippen LogP contribution in [0.25, 0.3) is 11.0 Å². The first-order chi connectivity index (χ1) is 13.7. The first kappa shape index (κ1) is 16.7. The van der Waals surface area contributed by atoms with E-state index in [1.807, 2.05) is 30.3 Å². The summed E-state index contributed by atoms with van der Waals surface area (Å²) in [6, 6.07) is 13.8. The Labute approximate surface area is 163 Å². The fourth-order valence-corrected chi connectivity index (χ4v) is 4.23. The Balaban J connectivity index is 1.82. The van der Waals surface area contributed by atoms with Crippen molar-refractivity contribution in [2.75, 3.05) is 12.0 Å². The molecule has 1 aliphatic heterocycles. The average Bonchev–Trinajstić information content (AvgIpc) is 3.35. The van der Waals surface area contributed by atoms with Crippen molar-refractivity contribution in [1.29, 1.82) is 0 Å². The molecule has 1 aliphatic rings. The smallest absolute Gasteiger partial charge is 0.297 e. The van der Waals surface area contributed by atoms with Gasteiger partial charge in [0.15, 0.2) is 10.6 Å². The number of benzene rings is 2. The highest BCUT2D eigenvalue weighted by molar-refractivity contribution is 7.13. The van der Waals surface area contributed by atoms with Crippen molar-refractivity contribution in [1.82, 2.24) is 4.98 Å². The van der Waals surface area contributed by atoms with Crippen molar-refractivity contribution >= 4 is 33.3 Å². The van der Waals surface area contributed by atoms with Crippen LogP contribution in [0, 0.1) is 0 Å². The van der Waals surface area contributed by atoms with Gasteiger partial charge in [-0.15, -0.1) is 11.3 Å². The summed E-state index contributed by atoms with van der Waals surface area (Å²) in [5, 5.41) is 2.73. The fraction of sp³-hybridized carbons (Fsp3) is 0.0952. The third-order valence-electron chi connectivity index (χ3n) is 4.82. The molecule has 2 aromatic carbocycles. The van der Waals surface area contributed by atoms with Gasteiger partial charge in [0, 0.05) is 17.6 Å². The Morgan fingerprint density at radius 3 is 2.68 bits per heavy atom. The second kappa shape index (κ2) is 6.31. The molecule has 138 valence electrons. The van der Waals surface area contributed by atoms with E-state index in [1.165, 1.54) is 23.3 Å². The van der Waals surface area contributed by atoms with Crippen molar-refractivity contribution in [3.63, 3.8) is 0 Å². The lowest BCUT2D eigenvalue weighted by molar-refractivity contribution is 0.0971. The lowest BCUT2D eigenvalue weighted by Gasteiger charge is -2.22. The second-order valence-corrected chi connectivity index (χ2v) is 7.21. The summed E-state index contributed by atoms with van der Waals surface area (Å²) in [7, 11) is 1.54. The number of ether oxygens (including phenoxy) is 1. The number of carbonyl (C=O) groups excluding carboxylic acids is 1. The van der Waals surface area contributed by atoms with E-state index in [9.17, 15) is 9.59 Å². The molecular formula is C21H14N2O4S. The van der Waals surface area contributed by atoms with Gasteiger partial charge in [-0.05, 0) is 17.7 Å². The lowest BCUT2D eigenvalue weighted by atomic mass is 9.99. The molecule has 4 aromatic rings. The maximum Gasteiger partial charge on any atom is 0.297 e. The highest BCUT2D eigenvalue weighted by Gasteiger charge is 2.44. The number of amides is 1. The van der Waals surface area contributed by atoms with Crippen LogP contribution in [-0.4, -0.2) is 18.0 Å². The summed E-state index contributed by atoms with van der Waals surface area (Å²) in [6.07, 6.45) is 1.63. The minimum Gasteiger partial charge on any atom is -0.497 e. The Bertz CT molecular complexity index is 1250. The van der Waals surface area contributed by atoms with Crippen molar-refractivity contribution in [2.45, 2.75) is 6.04 Å². The number of aromatic nitrogens is 1. The van der Waals surface area contributed by atoms with Crippen LogP contribution in [0.3, 0.4) is 0 Å². The number of fused-ring (bicyclic) bond motifs is 2. The van der Waals surface area contributed by atoms with E-state index >= 15 is 0 Å². The summed E-state index contributed by atoms with van der Waals surface area (Å²) in [5.74, 6) is 0.230. The maximum absolute atomic E-state index is 13.4. The first-order valence-electron chi connectivity index (χ1n) is 8.62. The van der Waals surface area contributed by atoms with Gasteiger partial charge < -0.3 is 9.15 Å². The molecule has 2 aromatic heterocycles. The van der Waals surface area contributed by atoms with Gasteiger partial charge in [-0.1, -0.05) is 30.3 Å². The normalized spacial score (nSPS) is 15.8. The van der Waals surface area contributed by atoms with Gasteiger partial charge in [0.2, 0.25) is 5.76 Å². The molecule has 0 saturated carbocycles. The topological polar surface area (TPSA) is 72.6 Å². The number of nitrogens with zero attached hydrogens (tertiary/aromatic N) is 2. The molecule has 28 heavy (non-hydrogen) atoms. The highest BCUT2D eigenvalue weighted by Crippen LogP contribution is 2.41. The third-order valence-corrected chi connectivity index (χ3v) is 5.59. The quantitative estimate of drug-likeness (QED) is 0.529. The summed E-state index contributed by atoms with van der Waals surface area (Å²) < 4.78 is 11.1. The van der Waals surface area contributed by atoms with E-state index in [1.54, 1.807) is 29.8 Å². The molecule has 0 fully saturated rings. The van der Waals surface area contributed by atoms with Gasteiger partial charge in [-0.25, -0.2) is 4.98 Å². The van der Waals surface area contributed by atoms with Gasteiger partial charge in [-0.3, -0.25) is 14.5 Å². The van der Waals surface area contributed by atoms with Crippen molar-refractivity contribution in [2.24, 2.45) is 0 Å². The molecule has 0 N–H and O–H groups in total. The maximum atomic E-state index is 13.4. The van der Waals surface area contributed by atoms with Gasteiger partial charge in [0.05, 0.1) is 24.1 Å². The van der Waals surface area contributed by atoms with Gasteiger partial charge in [0.25, 0.3) is 5.91 Å². The predicted molar refractivity (Wildman–Crippen MR) is 106 cm³/mol. The Morgan fingerprint density at radius 1 is 1.14 bits per heavy atom. The van der Waals surface area contributed by atoms with E-state index in [0.29, 0.717) is 27.4 Å². The standard InChI is InChI=1S/C21H14N2O4S/c1-26-13-7-8-14-15(11-13)27-19-16(18(14)24)17(12-5-3-2-4-6-12)23(20(19)25)21-22-9-10-28-21/h2-11,17H,1H3. The van der Waals surface area contributed by atoms with Crippen LogP contribution in [0.5, 0.6) is 5.75 Å². The molecule has 1 atom stereocenters. The average molecular weight is 390 g/mol. The zero-order chi connectivity index (χ0) is 19.3. The summed E-state index contributed by atoms with van der Waals surface area (Å²) >= 11 is 1.34. The van der Waals surface area contributed by atoms with E-state index < -0.39 is 6.04 Å². The van der Waals surface area contributed by atoms with Crippen LogP contribution >= 0.6 is 11.3 Å². The molecule has 5 rings (SSSR count). The largest absolute Gasteiger partial charge is 0.497 e. The molecule has 0 aliphatic carbocycles. The van der Waals surface area contributed by atoms with Crippen LogP contribution in [0.4, 0.5) is 5.13 Å². The van der Waals surface area contributed by atoms with Crippen LogP contribution in [0.2, 0.25) is 0 Å². The molecule has 0 bridgehead atoms. The molecule has 1 amide bonds. The van der Waals surface area contributed by atoms with Gasteiger partial charge >= 0.3 is 0 Å². The minimum atomic E-state index is -0.586. The SMILES string of the molecule is COc1ccc2c(=O)c3c(oc2c1)C(=O)N(c1nccs1)C3c1ccccc1. The van der Waals surface area contributed by atoms with Crippen LogP contribution in [0.15, 0.2) is 69.3 Å². The third kappa shape index (κ3) is 2.36. The van der Waals surface area contributed by atoms with Crippen LogP contribution < -0.4 is 15.1 Å². The van der Waals surface area contributed by atoms with Crippen molar-refractivity contribution in [3.8, 4) is 5.75 Å². The van der Waals surface area contributed by atoms with E-state index in [-0.39, 0.29) is 17.1 Å². The number of hydrogen-bond donors (Lipinski definition) is 0. The number of anilines is 1. The van der Waals surface area contributed by atoms with Crippen LogP contribution in [0.1, 0.15) is 27.7 Å². The summed E-state index contributed by atoms with van der Waals surface area (Å²) in [4.78, 5) is 32.5. The molecule has 3 heterocycles. The fourth-order valence-electron chi connectivity index (χ4n) is 3.56. The molecular weight excluding hydrogens is 376 g/mol. The van der Waals surface area contributed by atoms with Crippen LogP contribution in [-0.2, 0) is 0 Å². The van der Waals surface area contributed by atoms with E-state index in [2.05, 4.69) is 4.98 Å². The van der Waals surface area contributed by atoms with Gasteiger partial charge in [0.1, 0.15) is 11.3 Å². The summed E-state index contributed by atoms with van der Waals surface area (Å²) in [6.45, 7) is 0. The lowest BCUT2D eigenvalue weighted by Crippen LogP contribution is -2.29.